The Balaban J connectivity index is 1.90. The predicted octanol–water partition coefficient (Wildman–Crippen LogP) is 2.18. The Hall–Kier alpha value is -3.58. The first kappa shape index (κ1) is 18.2. The quantitative estimate of drug-likeness (QED) is 0.317. The maximum absolute atomic E-state index is 10.2. The van der Waals surface area contributed by atoms with E-state index in [1.165, 1.54) is 12.3 Å². The van der Waals surface area contributed by atoms with Crippen LogP contribution in [0.2, 0.25) is 5.02 Å². The number of nitrogens with two attached hydrogens (primary N) is 1. The van der Waals surface area contributed by atoms with Gasteiger partial charge in [-0.05, 0) is 51.4 Å². The number of nitrogens with zero attached hydrogens (tertiary/aromatic N) is 5. The fourth-order valence-corrected chi connectivity index (χ4v) is 2.34. The van der Waals surface area contributed by atoms with Crippen molar-refractivity contribution in [1.82, 2.24) is 15.0 Å². The lowest BCUT2D eigenvalue weighted by atomic mass is 10.1. The second-order valence-electron chi connectivity index (χ2n) is 5.27. The van der Waals surface area contributed by atoms with E-state index in [1.54, 1.807) is 29.1 Å². The van der Waals surface area contributed by atoms with Gasteiger partial charge in [-0.2, -0.15) is 0 Å². The molecule has 0 aromatic carbocycles. The minimum Gasteiger partial charge on any atom is -0.878 e. The Labute approximate surface area is 160 Å². The van der Waals surface area contributed by atoms with Crippen LogP contribution in [0.4, 0.5) is 11.6 Å². The lowest BCUT2D eigenvalue weighted by Gasteiger charge is -2.02. The minimum atomic E-state index is 0.128. The number of rotatable bonds is 5. The molecule has 27 heavy (non-hydrogen) atoms. The molecule has 3 rings (SSSR count). The third-order valence-corrected chi connectivity index (χ3v) is 3.87. The van der Waals surface area contributed by atoms with Crippen LogP contribution in [0.5, 0.6) is 0 Å². The molecule has 0 aliphatic carbocycles. The van der Waals surface area contributed by atoms with Crippen LogP contribution >= 0.6 is 11.6 Å². The lowest BCUT2D eigenvalue weighted by Crippen LogP contribution is -2.32. The molecule has 8 heteroatoms. The summed E-state index contributed by atoms with van der Waals surface area (Å²) in [6, 6.07) is 7.73. The first-order chi connectivity index (χ1) is 13.2. The third-order valence-electron chi connectivity index (χ3n) is 3.51. The van der Waals surface area contributed by atoms with Crippen molar-refractivity contribution in [2.75, 3.05) is 5.73 Å². The molecule has 2 N–H and O–H groups in total. The maximum Gasteiger partial charge on any atom is 0.441 e. The van der Waals surface area contributed by atoms with Crippen molar-refractivity contribution in [3.63, 3.8) is 0 Å². The highest BCUT2D eigenvalue weighted by molar-refractivity contribution is 6.35. The van der Waals surface area contributed by atoms with Gasteiger partial charge in [0.1, 0.15) is 0 Å². The summed E-state index contributed by atoms with van der Waals surface area (Å²) in [4.78, 5) is 16.7. The van der Waals surface area contributed by atoms with Crippen molar-refractivity contribution in [2.24, 2.45) is 4.99 Å². The normalized spacial score (nSPS) is 11.7. The second kappa shape index (κ2) is 8.68. The number of aliphatic imine (C=N–C) groups is 1. The fraction of sp³-hybridized carbons (Fsp3) is 0. The highest BCUT2D eigenvalue weighted by atomic mass is 35.5. The van der Waals surface area contributed by atoms with E-state index in [0.29, 0.717) is 12.2 Å². The van der Waals surface area contributed by atoms with Gasteiger partial charge < -0.3 is 10.8 Å². The molecular weight excluding hydrogens is 364 g/mol. The highest BCUT2D eigenvalue weighted by Crippen LogP contribution is 2.27. The van der Waals surface area contributed by atoms with E-state index in [1.807, 2.05) is 36.7 Å². The Morgan fingerprint density at radius 3 is 2.41 bits per heavy atom. The van der Waals surface area contributed by atoms with Crippen molar-refractivity contribution in [3.8, 4) is 17.1 Å². The zero-order chi connectivity index (χ0) is 19.1. The molecule has 0 unspecified atom stereocenters. The van der Waals surface area contributed by atoms with Crippen LogP contribution in [0.25, 0.3) is 17.1 Å². The summed E-state index contributed by atoms with van der Waals surface area (Å²) in [7, 11) is 0. The molecule has 3 aromatic heterocycles. The molecule has 0 aliphatic heterocycles. The van der Waals surface area contributed by atoms with Crippen LogP contribution < -0.4 is 15.4 Å². The molecule has 3 heterocycles. The summed E-state index contributed by atoms with van der Waals surface area (Å²) in [6.07, 6.45) is 13.7. The van der Waals surface area contributed by atoms with E-state index in [0.717, 1.165) is 11.1 Å². The van der Waals surface area contributed by atoms with Gasteiger partial charge in [0.2, 0.25) is 5.82 Å². The van der Waals surface area contributed by atoms with Crippen molar-refractivity contribution < 1.29 is 9.67 Å². The van der Waals surface area contributed by atoms with E-state index in [-0.39, 0.29) is 16.7 Å². The van der Waals surface area contributed by atoms with E-state index >= 15 is 0 Å². The average molecular weight is 379 g/mol. The monoisotopic (exact) mass is 378 g/mol. The first-order valence-electron chi connectivity index (χ1n) is 7.92. The highest BCUT2D eigenvalue weighted by Gasteiger charge is 2.19. The maximum atomic E-state index is 10.2. The molecule has 0 atom stereocenters. The van der Waals surface area contributed by atoms with Crippen molar-refractivity contribution >= 4 is 29.5 Å². The number of allylic oxidation sites excluding steroid dienone is 3. The number of pyridine rings is 2. The summed E-state index contributed by atoms with van der Waals surface area (Å²) in [5.41, 5.74) is 7.97. The summed E-state index contributed by atoms with van der Waals surface area (Å²) in [5.74, 6) is 0.706. The molecule has 0 saturated heterocycles. The zero-order valence-corrected chi connectivity index (χ0v) is 14.9. The smallest absolute Gasteiger partial charge is 0.441 e. The number of aromatic nitrogens is 4. The molecule has 134 valence electrons. The SMILES string of the molecule is Nc1nc(-[n+]2ccc(-c3ccncc3)cc2)nc(N=C/C=C/C=C/[O-])c1Cl. The van der Waals surface area contributed by atoms with Gasteiger partial charge in [0.15, 0.2) is 5.02 Å². The summed E-state index contributed by atoms with van der Waals surface area (Å²) in [6.45, 7) is 0. The van der Waals surface area contributed by atoms with E-state index in [4.69, 9.17) is 17.3 Å². The number of nitrogen functional groups attached to an aromatic ring is 1. The number of hydrogen-bond acceptors (Lipinski definition) is 6. The van der Waals surface area contributed by atoms with Crippen LogP contribution in [-0.2, 0) is 0 Å². The Kier molecular flexibility index (Phi) is 5.86. The van der Waals surface area contributed by atoms with Gasteiger partial charge in [-0.15, -0.1) is 6.26 Å². The van der Waals surface area contributed by atoms with Crippen LogP contribution in [0.15, 0.2) is 78.5 Å². The van der Waals surface area contributed by atoms with Crippen LogP contribution in [0, 0.1) is 0 Å². The van der Waals surface area contributed by atoms with E-state index < -0.39 is 0 Å². The standard InChI is InChI=1S/C19H15ClN6O/c20-16-17(21)24-19(25-18(16)23-8-2-1-3-13-27)26-11-6-15(7-12-26)14-4-9-22-10-5-14/h1-13H,(H2-,21,23,24,25,27). The van der Waals surface area contributed by atoms with Crippen LogP contribution in [0.1, 0.15) is 0 Å². The molecule has 3 aromatic rings. The van der Waals surface area contributed by atoms with Crippen LogP contribution in [0.3, 0.4) is 0 Å². The topological polar surface area (TPSA) is 104 Å². The summed E-state index contributed by atoms with van der Waals surface area (Å²) >= 11 is 6.13. The molecule has 0 aliphatic rings. The third kappa shape index (κ3) is 4.53. The van der Waals surface area contributed by atoms with Gasteiger partial charge >= 0.3 is 5.95 Å². The van der Waals surface area contributed by atoms with Gasteiger partial charge in [0, 0.05) is 18.6 Å². The lowest BCUT2D eigenvalue weighted by molar-refractivity contribution is -0.603. The Morgan fingerprint density at radius 1 is 1.00 bits per heavy atom. The molecule has 0 saturated carbocycles. The Bertz CT molecular complexity index is 1000. The molecule has 0 bridgehead atoms. The largest absolute Gasteiger partial charge is 0.878 e. The van der Waals surface area contributed by atoms with E-state index in [9.17, 15) is 5.11 Å². The van der Waals surface area contributed by atoms with Gasteiger partial charge in [0.25, 0.3) is 5.82 Å². The molecule has 0 amide bonds. The molecule has 0 radical (unpaired) electrons. The molecule has 7 nitrogen and oxygen atoms in total. The second-order valence-corrected chi connectivity index (χ2v) is 5.65. The predicted molar refractivity (Wildman–Crippen MR) is 103 cm³/mol. The van der Waals surface area contributed by atoms with Crippen molar-refractivity contribution in [2.45, 2.75) is 0 Å². The number of halogens is 1. The number of anilines is 1. The summed E-state index contributed by atoms with van der Waals surface area (Å²) in [5, 5.41) is 10.4. The average Bonchev–Trinajstić information content (AvgIpc) is 2.71. The summed E-state index contributed by atoms with van der Waals surface area (Å²) < 4.78 is 1.71. The van der Waals surface area contributed by atoms with Crippen molar-refractivity contribution in [1.29, 1.82) is 0 Å². The van der Waals surface area contributed by atoms with E-state index in [2.05, 4.69) is 19.9 Å². The van der Waals surface area contributed by atoms with Gasteiger partial charge in [0.05, 0.1) is 12.4 Å². The first-order valence-corrected chi connectivity index (χ1v) is 8.30. The molecular formula is C19H15ClN6O. The number of hydrogen-bond donors (Lipinski definition) is 1. The molecule has 0 spiro atoms. The minimum absolute atomic E-state index is 0.128. The van der Waals surface area contributed by atoms with Gasteiger partial charge in [-0.3, -0.25) is 4.98 Å². The molecule has 0 fully saturated rings. The van der Waals surface area contributed by atoms with Crippen molar-refractivity contribution in [3.05, 3.63) is 78.6 Å². The van der Waals surface area contributed by atoms with Gasteiger partial charge in [-0.25, -0.2) is 9.56 Å². The zero-order valence-electron chi connectivity index (χ0n) is 14.1. The van der Waals surface area contributed by atoms with Crippen LogP contribution in [-0.4, -0.2) is 21.2 Å². The Morgan fingerprint density at radius 2 is 1.70 bits per heavy atom. The van der Waals surface area contributed by atoms with Gasteiger partial charge in [-0.1, -0.05) is 23.8 Å². The fourth-order valence-electron chi connectivity index (χ4n) is 2.21.